The summed E-state index contributed by atoms with van der Waals surface area (Å²) >= 11 is 1.23. The highest BCUT2D eigenvalue weighted by atomic mass is 32.2. The molecule has 140 valence electrons. The average molecular weight is 375 g/mol. The largest absolute Gasteiger partial charge is 0.372 e. The molecule has 1 amide bonds. The first-order chi connectivity index (χ1) is 12.5. The number of amides is 1. The van der Waals surface area contributed by atoms with Gasteiger partial charge >= 0.3 is 0 Å². The first-order valence-electron chi connectivity index (χ1n) is 8.93. The van der Waals surface area contributed by atoms with Gasteiger partial charge in [0.1, 0.15) is 0 Å². The predicted molar refractivity (Wildman–Crippen MR) is 108 cm³/mol. The molecule has 0 spiro atoms. The van der Waals surface area contributed by atoms with Crippen LogP contribution < -0.4 is 15.8 Å². The maximum Gasteiger partial charge on any atom is 0.251 e. The molecule has 1 heterocycles. The number of thioether (sulfide) groups is 1. The molecule has 0 bridgehead atoms. The fourth-order valence-corrected chi connectivity index (χ4v) is 3.31. The number of H-pyrrole nitrogens is 1. The van der Waals surface area contributed by atoms with Crippen molar-refractivity contribution >= 4 is 29.0 Å². The fourth-order valence-electron chi connectivity index (χ4n) is 2.61. The summed E-state index contributed by atoms with van der Waals surface area (Å²) in [7, 11) is 0. The fraction of sp³-hybridized carbons (Fsp3) is 0.421. The van der Waals surface area contributed by atoms with Crippen LogP contribution in [-0.4, -0.2) is 34.7 Å². The van der Waals surface area contributed by atoms with Gasteiger partial charge in [-0.2, -0.15) is 0 Å². The van der Waals surface area contributed by atoms with E-state index in [4.69, 9.17) is 0 Å². The molecule has 26 heavy (non-hydrogen) atoms. The minimum Gasteiger partial charge on any atom is -0.372 e. The van der Waals surface area contributed by atoms with Crippen LogP contribution in [0.3, 0.4) is 0 Å². The number of rotatable bonds is 9. The Morgan fingerprint density at radius 1 is 1.19 bits per heavy atom. The lowest BCUT2D eigenvalue weighted by molar-refractivity contribution is -0.113. The number of nitrogens with one attached hydrogen (secondary N) is 2. The van der Waals surface area contributed by atoms with E-state index in [0.29, 0.717) is 5.16 Å². The van der Waals surface area contributed by atoms with Crippen molar-refractivity contribution in [2.24, 2.45) is 0 Å². The SMILES string of the molecule is CCCc1cc(=O)[nH]c(SCC(=O)Nc2ccc(N(CC)CC)cc2)n1. The van der Waals surface area contributed by atoms with E-state index in [2.05, 4.69) is 34.0 Å². The minimum atomic E-state index is -0.182. The average Bonchev–Trinajstić information content (AvgIpc) is 2.62. The highest BCUT2D eigenvalue weighted by Gasteiger charge is 2.08. The maximum atomic E-state index is 12.2. The highest BCUT2D eigenvalue weighted by molar-refractivity contribution is 7.99. The molecule has 0 saturated carbocycles. The van der Waals surface area contributed by atoms with E-state index in [1.807, 2.05) is 31.2 Å². The molecule has 2 rings (SSSR count). The third-order valence-corrected chi connectivity index (χ3v) is 4.77. The first-order valence-corrected chi connectivity index (χ1v) is 9.92. The molecule has 2 aromatic rings. The first kappa shape index (κ1) is 20.0. The third kappa shape index (κ3) is 5.91. The second-order valence-corrected chi connectivity index (χ2v) is 6.81. The summed E-state index contributed by atoms with van der Waals surface area (Å²) in [5.74, 6) is 0.0604. The summed E-state index contributed by atoms with van der Waals surface area (Å²) in [4.78, 5) is 33.1. The van der Waals surface area contributed by atoms with E-state index in [-0.39, 0.29) is 17.2 Å². The van der Waals surface area contributed by atoms with Crippen molar-refractivity contribution < 1.29 is 4.79 Å². The Morgan fingerprint density at radius 3 is 2.50 bits per heavy atom. The van der Waals surface area contributed by atoms with Crippen LogP contribution in [0.1, 0.15) is 32.9 Å². The van der Waals surface area contributed by atoms with Gasteiger partial charge < -0.3 is 15.2 Å². The molecule has 0 aliphatic rings. The van der Waals surface area contributed by atoms with Crippen molar-refractivity contribution in [1.82, 2.24) is 9.97 Å². The van der Waals surface area contributed by atoms with Crippen LogP contribution >= 0.6 is 11.8 Å². The number of anilines is 2. The number of carbonyl (C=O) groups excluding carboxylic acids is 1. The molecular formula is C19H26N4O2S. The molecule has 6 nitrogen and oxygen atoms in total. The van der Waals surface area contributed by atoms with Gasteiger partial charge in [0.2, 0.25) is 5.91 Å². The Morgan fingerprint density at radius 2 is 1.88 bits per heavy atom. The van der Waals surface area contributed by atoms with Gasteiger partial charge in [-0.05, 0) is 44.5 Å². The number of nitrogens with zero attached hydrogens (tertiary/aromatic N) is 2. The lowest BCUT2D eigenvalue weighted by atomic mass is 10.2. The van der Waals surface area contributed by atoms with Gasteiger partial charge in [0, 0.05) is 36.2 Å². The molecule has 1 aromatic carbocycles. The molecule has 0 saturated heterocycles. The summed E-state index contributed by atoms with van der Waals surface area (Å²) in [6, 6.07) is 9.31. The summed E-state index contributed by atoms with van der Waals surface area (Å²) in [6.07, 6.45) is 1.67. The van der Waals surface area contributed by atoms with Crippen LogP contribution in [0, 0.1) is 0 Å². The van der Waals surface area contributed by atoms with Gasteiger partial charge in [-0.1, -0.05) is 25.1 Å². The Bertz CT molecular complexity index is 770. The molecule has 1 aromatic heterocycles. The molecule has 0 radical (unpaired) electrons. The van der Waals surface area contributed by atoms with Crippen molar-refractivity contribution in [2.45, 2.75) is 38.8 Å². The minimum absolute atomic E-state index is 0.130. The molecule has 0 aliphatic heterocycles. The molecule has 0 atom stereocenters. The van der Waals surface area contributed by atoms with E-state index in [9.17, 15) is 9.59 Å². The predicted octanol–water partition coefficient (Wildman–Crippen LogP) is 3.30. The number of benzene rings is 1. The van der Waals surface area contributed by atoms with Crippen molar-refractivity contribution in [1.29, 1.82) is 0 Å². The summed E-state index contributed by atoms with van der Waals surface area (Å²) in [5.41, 5.74) is 2.47. The summed E-state index contributed by atoms with van der Waals surface area (Å²) in [6.45, 7) is 8.16. The van der Waals surface area contributed by atoms with Gasteiger partial charge in [0.15, 0.2) is 5.16 Å². The number of aromatic nitrogens is 2. The molecular weight excluding hydrogens is 348 g/mol. The van der Waals surface area contributed by atoms with Crippen LogP contribution in [0.5, 0.6) is 0 Å². The van der Waals surface area contributed by atoms with Gasteiger partial charge in [0.25, 0.3) is 5.56 Å². The van der Waals surface area contributed by atoms with E-state index in [1.165, 1.54) is 17.8 Å². The van der Waals surface area contributed by atoms with Gasteiger partial charge in [0.05, 0.1) is 5.75 Å². The van der Waals surface area contributed by atoms with Gasteiger partial charge in [-0.3, -0.25) is 9.59 Å². The van der Waals surface area contributed by atoms with Crippen LogP contribution in [0.4, 0.5) is 11.4 Å². The van der Waals surface area contributed by atoms with Gasteiger partial charge in [-0.15, -0.1) is 0 Å². The molecule has 2 N–H and O–H groups in total. The Labute approximate surface area is 158 Å². The normalized spacial score (nSPS) is 10.6. The topological polar surface area (TPSA) is 78.1 Å². The van der Waals surface area contributed by atoms with Crippen molar-refractivity contribution in [3.8, 4) is 0 Å². The van der Waals surface area contributed by atoms with Crippen LogP contribution in [0.15, 0.2) is 40.3 Å². The summed E-state index contributed by atoms with van der Waals surface area (Å²) < 4.78 is 0. The Balaban J connectivity index is 1.92. The second-order valence-electron chi connectivity index (χ2n) is 5.85. The molecule has 0 fully saturated rings. The number of carbonyl (C=O) groups is 1. The Kier molecular flexibility index (Phi) is 7.72. The lowest BCUT2D eigenvalue weighted by Crippen LogP contribution is -2.21. The van der Waals surface area contributed by atoms with Gasteiger partial charge in [-0.25, -0.2) is 4.98 Å². The summed E-state index contributed by atoms with van der Waals surface area (Å²) in [5, 5.41) is 3.35. The molecule has 0 unspecified atom stereocenters. The number of aryl methyl sites for hydroxylation is 1. The van der Waals surface area contributed by atoms with E-state index in [1.54, 1.807) is 0 Å². The second kappa shape index (κ2) is 10.0. The smallest absolute Gasteiger partial charge is 0.251 e. The van der Waals surface area contributed by atoms with E-state index in [0.717, 1.165) is 43.0 Å². The Hall–Kier alpha value is -2.28. The zero-order valence-electron chi connectivity index (χ0n) is 15.5. The monoisotopic (exact) mass is 374 g/mol. The highest BCUT2D eigenvalue weighted by Crippen LogP contribution is 2.18. The standard InChI is InChI=1S/C19H26N4O2S/c1-4-7-15-12-17(24)22-19(21-15)26-13-18(25)20-14-8-10-16(11-9-14)23(5-2)6-3/h8-12H,4-7,13H2,1-3H3,(H,20,25)(H,21,22,24). The van der Waals surface area contributed by atoms with Crippen LogP contribution in [0.2, 0.25) is 0 Å². The molecule has 7 heteroatoms. The van der Waals surface area contributed by atoms with Crippen molar-refractivity contribution in [3.05, 3.63) is 46.4 Å². The van der Waals surface area contributed by atoms with Crippen molar-refractivity contribution in [2.75, 3.05) is 29.1 Å². The number of aromatic amines is 1. The van der Waals surface area contributed by atoms with Crippen LogP contribution in [-0.2, 0) is 11.2 Å². The lowest BCUT2D eigenvalue weighted by Gasteiger charge is -2.21. The van der Waals surface area contributed by atoms with Crippen molar-refractivity contribution in [3.63, 3.8) is 0 Å². The molecule has 0 aliphatic carbocycles. The quantitative estimate of drug-likeness (QED) is 0.520. The zero-order chi connectivity index (χ0) is 18.9. The number of hydrogen-bond donors (Lipinski definition) is 2. The zero-order valence-corrected chi connectivity index (χ0v) is 16.4. The van der Waals surface area contributed by atoms with E-state index < -0.39 is 0 Å². The van der Waals surface area contributed by atoms with Crippen LogP contribution in [0.25, 0.3) is 0 Å². The third-order valence-electron chi connectivity index (χ3n) is 3.90. The number of hydrogen-bond acceptors (Lipinski definition) is 5. The van der Waals surface area contributed by atoms with E-state index >= 15 is 0 Å². The maximum absolute atomic E-state index is 12.2.